The summed E-state index contributed by atoms with van der Waals surface area (Å²) < 4.78 is 16.8. The van der Waals surface area contributed by atoms with Gasteiger partial charge in [0.1, 0.15) is 11.5 Å². The Balaban J connectivity index is 1.84. The lowest BCUT2D eigenvalue weighted by atomic mass is 10.1. The number of hydrogen-bond acceptors (Lipinski definition) is 4. The molecule has 0 saturated carbocycles. The van der Waals surface area contributed by atoms with Gasteiger partial charge in [-0.15, -0.1) is 0 Å². The van der Waals surface area contributed by atoms with E-state index >= 15 is 0 Å². The number of nitrogens with one attached hydrogen (secondary N) is 1. The number of ether oxygens (including phenoxy) is 2. The molecule has 1 aromatic rings. The zero-order chi connectivity index (χ0) is 12.1. The second-order valence-corrected chi connectivity index (χ2v) is 4.45. The van der Waals surface area contributed by atoms with Gasteiger partial charge in [0.05, 0.1) is 19.3 Å². The highest BCUT2D eigenvalue weighted by Crippen LogP contribution is 2.18. The molecule has 1 aromatic heterocycles. The summed E-state index contributed by atoms with van der Waals surface area (Å²) in [4.78, 5) is 0. The first-order valence-corrected chi connectivity index (χ1v) is 6.21. The molecule has 1 aliphatic heterocycles. The zero-order valence-corrected chi connectivity index (χ0v) is 10.6. The fraction of sp³-hybridized carbons (Fsp3) is 0.692. The molecule has 0 aromatic carbocycles. The third-order valence-electron chi connectivity index (χ3n) is 3.07. The predicted molar refractivity (Wildman–Crippen MR) is 64.8 cm³/mol. The van der Waals surface area contributed by atoms with Gasteiger partial charge in [0.15, 0.2) is 0 Å². The van der Waals surface area contributed by atoms with E-state index in [9.17, 15) is 0 Å². The van der Waals surface area contributed by atoms with Gasteiger partial charge in [-0.3, -0.25) is 0 Å². The van der Waals surface area contributed by atoms with Crippen molar-refractivity contribution >= 4 is 0 Å². The highest BCUT2D eigenvalue weighted by atomic mass is 16.5. The first-order valence-electron chi connectivity index (χ1n) is 6.21. The van der Waals surface area contributed by atoms with Crippen LogP contribution in [0.3, 0.4) is 0 Å². The molecule has 4 heteroatoms. The summed E-state index contributed by atoms with van der Waals surface area (Å²) in [7, 11) is 1.91. The van der Waals surface area contributed by atoms with E-state index < -0.39 is 0 Å². The Hall–Kier alpha value is -0.840. The molecule has 0 unspecified atom stereocenters. The number of furan rings is 1. The van der Waals surface area contributed by atoms with Crippen molar-refractivity contribution in [3.63, 3.8) is 0 Å². The minimum atomic E-state index is 0.339. The number of hydrogen-bond donors (Lipinski definition) is 1. The molecule has 0 atom stereocenters. The van der Waals surface area contributed by atoms with Crippen LogP contribution >= 0.6 is 0 Å². The Labute approximate surface area is 102 Å². The Bertz CT molecular complexity index is 342. The Morgan fingerprint density at radius 3 is 2.88 bits per heavy atom. The van der Waals surface area contributed by atoms with Crippen molar-refractivity contribution in [2.24, 2.45) is 0 Å². The van der Waals surface area contributed by atoms with Crippen molar-refractivity contribution in [3.8, 4) is 0 Å². The molecule has 17 heavy (non-hydrogen) atoms. The van der Waals surface area contributed by atoms with Gasteiger partial charge in [-0.1, -0.05) is 0 Å². The lowest BCUT2D eigenvalue weighted by Gasteiger charge is -2.22. The van der Waals surface area contributed by atoms with Gasteiger partial charge in [0.25, 0.3) is 0 Å². The van der Waals surface area contributed by atoms with Crippen LogP contribution in [0.25, 0.3) is 0 Å². The van der Waals surface area contributed by atoms with E-state index in [1.54, 1.807) is 0 Å². The van der Waals surface area contributed by atoms with Gasteiger partial charge in [0.2, 0.25) is 0 Å². The first kappa shape index (κ1) is 12.6. The van der Waals surface area contributed by atoms with Gasteiger partial charge in [0, 0.05) is 18.8 Å². The number of rotatable bonds is 5. The van der Waals surface area contributed by atoms with E-state index in [4.69, 9.17) is 13.9 Å². The van der Waals surface area contributed by atoms with Crippen LogP contribution in [0, 0.1) is 6.92 Å². The van der Waals surface area contributed by atoms with E-state index in [1.165, 1.54) is 0 Å². The van der Waals surface area contributed by atoms with Crippen molar-refractivity contribution in [1.29, 1.82) is 0 Å². The molecule has 1 N–H and O–H groups in total. The molecule has 0 spiro atoms. The van der Waals surface area contributed by atoms with E-state index in [0.717, 1.165) is 49.7 Å². The molecular weight excluding hydrogens is 218 g/mol. The molecule has 1 fully saturated rings. The molecule has 0 radical (unpaired) electrons. The Morgan fingerprint density at radius 1 is 1.41 bits per heavy atom. The highest BCUT2D eigenvalue weighted by Gasteiger charge is 2.15. The van der Waals surface area contributed by atoms with Crippen LogP contribution in [0.15, 0.2) is 10.5 Å². The van der Waals surface area contributed by atoms with Gasteiger partial charge in [-0.25, -0.2) is 0 Å². The summed E-state index contributed by atoms with van der Waals surface area (Å²) in [6.45, 7) is 5.03. The summed E-state index contributed by atoms with van der Waals surface area (Å²) in [6.07, 6.45) is 2.34. The van der Waals surface area contributed by atoms with E-state index in [2.05, 4.69) is 11.4 Å². The molecule has 0 bridgehead atoms. The van der Waals surface area contributed by atoms with E-state index in [-0.39, 0.29) is 0 Å². The summed E-state index contributed by atoms with van der Waals surface area (Å²) in [5, 5.41) is 3.08. The van der Waals surface area contributed by atoms with Crippen molar-refractivity contribution in [2.75, 3.05) is 20.3 Å². The molecule has 0 amide bonds. The van der Waals surface area contributed by atoms with Gasteiger partial charge in [-0.2, -0.15) is 0 Å². The maximum Gasteiger partial charge on any atom is 0.118 e. The maximum atomic E-state index is 5.88. The standard InChI is InChI=1S/C13H21NO3/c1-10-11(7-13(17-10)8-14-2)9-16-12-3-5-15-6-4-12/h7,12,14H,3-6,8-9H2,1-2H3. The third-order valence-corrected chi connectivity index (χ3v) is 3.07. The van der Waals surface area contributed by atoms with Crippen LogP contribution in [0.1, 0.15) is 29.9 Å². The minimum Gasteiger partial charge on any atom is -0.465 e. The van der Waals surface area contributed by atoms with Crippen LogP contribution < -0.4 is 5.32 Å². The molecule has 96 valence electrons. The SMILES string of the molecule is CNCc1cc(COC2CCOCC2)c(C)o1. The van der Waals surface area contributed by atoms with Crippen LogP contribution in [0.4, 0.5) is 0 Å². The van der Waals surface area contributed by atoms with Crippen LogP contribution in [0.5, 0.6) is 0 Å². The topological polar surface area (TPSA) is 43.6 Å². The van der Waals surface area contributed by atoms with Gasteiger partial charge >= 0.3 is 0 Å². The van der Waals surface area contributed by atoms with Crippen molar-refractivity contribution in [3.05, 3.63) is 23.2 Å². The Morgan fingerprint density at radius 2 is 2.18 bits per heavy atom. The summed E-state index contributed by atoms with van der Waals surface area (Å²) in [5.74, 6) is 1.93. The fourth-order valence-corrected chi connectivity index (χ4v) is 2.04. The average Bonchev–Trinajstić information content (AvgIpc) is 2.69. The lowest BCUT2D eigenvalue weighted by Crippen LogP contribution is -2.23. The molecule has 4 nitrogen and oxygen atoms in total. The van der Waals surface area contributed by atoms with Crippen LogP contribution in [-0.2, 0) is 22.6 Å². The van der Waals surface area contributed by atoms with Crippen LogP contribution in [0.2, 0.25) is 0 Å². The normalized spacial score (nSPS) is 17.5. The molecular formula is C13H21NO3. The lowest BCUT2D eigenvalue weighted by molar-refractivity contribution is -0.0393. The summed E-state index contributed by atoms with van der Waals surface area (Å²) in [6, 6.07) is 2.07. The van der Waals surface area contributed by atoms with Crippen LogP contribution in [-0.4, -0.2) is 26.4 Å². The monoisotopic (exact) mass is 239 g/mol. The molecule has 1 saturated heterocycles. The van der Waals surface area contributed by atoms with Crippen molar-refractivity contribution in [2.45, 2.75) is 39.0 Å². The minimum absolute atomic E-state index is 0.339. The van der Waals surface area contributed by atoms with E-state index in [1.807, 2.05) is 14.0 Å². The third kappa shape index (κ3) is 3.56. The van der Waals surface area contributed by atoms with Crippen molar-refractivity contribution < 1.29 is 13.9 Å². The highest BCUT2D eigenvalue weighted by molar-refractivity contribution is 5.19. The summed E-state index contributed by atoms with van der Waals surface area (Å²) >= 11 is 0. The molecule has 0 aliphatic carbocycles. The first-order chi connectivity index (χ1) is 8.29. The molecule has 2 rings (SSSR count). The van der Waals surface area contributed by atoms with E-state index in [0.29, 0.717) is 12.7 Å². The van der Waals surface area contributed by atoms with Gasteiger partial charge in [-0.05, 0) is 32.9 Å². The molecule has 1 aliphatic rings. The Kier molecular flexibility index (Phi) is 4.59. The number of aryl methyl sites for hydroxylation is 1. The second-order valence-electron chi connectivity index (χ2n) is 4.45. The predicted octanol–water partition coefficient (Wildman–Crippen LogP) is 2.00. The zero-order valence-electron chi connectivity index (χ0n) is 10.6. The summed E-state index contributed by atoms with van der Waals surface area (Å²) in [5.41, 5.74) is 1.15. The average molecular weight is 239 g/mol. The maximum absolute atomic E-state index is 5.88. The molecule has 2 heterocycles. The fourth-order valence-electron chi connectivity index (χ4n) is 2.04. The van der Waals surface area contributed by atoms with Gasteiger partial charge < -0.3 is 19.2 Å². The van der Waals surface area contributed by atoms with Crippen molar-refractivity contribution in [1.82, 2.24) is 5.32 Å². The second kappa shape index (κ2) is 6.19. The quantitative estimate of drug-likeness (QED) is 0.853. The largest absolute Gasteiger partial charge is 0.465 e. The smallest absolute Gasteiger partial charge is 0.118 e.